The van der Waals surface area contributed by atoms with Crippen LogP contribution in [0.25, 0.3) is 110 Å². The summed E-state index contributed by atoms with van der Waals surface area (Å²) in [6, 6.07) is 50.8. The fourth-order valence-electron chi connectivity index (χ4n) is 8.44. The van der Waals surface area contributed by atoms with Gasteiger partial charge in [-0.05, 0) is 71.3 Å². The van der Waals surface area contributed by atoms with Gasteiger partial charge in [0.05, 0.1) is 22.1 Å². The maximum Gasteiger partial charge on any atom is 0.180 e. The number of furan rings is 2. The normalized spacial score (nSPS) is 12.5. The Morgan fingerprint density at radius 3 is 2.23 bits per heavy atom. The van der Waals surface area contributed by atoms with Gasteiger partial charge >= 0.3 is 0 Å². The van der Waals surface area contributed by atoms with Crippen molar-refractivity contribution >= 4 is 82.2 Å². The topological polar surface area (TPSA) is 57.0 Å². The molecule has 0 aliphatic heterocycles. The minimum Gasteiger partial charge on any atom is -0.455 e. The van der Waals surface area contributed by atoms with E-state index in [1.165, 1.54) is 21.5 Å². The molecule has 0 aliphatic rings. The zero-order valence-electron chi connectivity index (χ0n) is 30.5. The Kier molecular flexibility index (Phi) is 7.16. The number of aromatic nitrogens is 3. The largest absolute Gasteiger partial charge is 0.455 e. The quantitative estimate of drug-likeness (QED) is 0.161. The Balaban J connectivity index is 1.24. The van der Waals surface area contributed by atoms with E-state index in [0.717, 1.165) is 77.4 Å². The van der Waals surface area contributed by atoms with E-state index in [-0.39, 0.29) is 0 Å². The van der Waals surface area contributed by atoms with Gasteiger partial charge in [-0.1, -0.05) is 134 Å². The zero-order valence-corrected chi connectivity index (χ0v) is 30.5. The van der Waals surface area contributed by atoms with E-state index < -0.39 is 0 Å². The first kappa shape index (κ1) is 32.0. The molecule has 0 spiro atoms. The van der Waals surface area contributed by atoms with Crippen LogP contribution in [0.5, 0.6) is 0 Å². The smallest absolute Gasteiger partial charge is 0.180 e. The Hall–Kier alpha value is -7.50. The standard InChI is InChI=1S/C51H33N3O2/c1-3-5-15-31(4-2)34-25-29-44-39(30-34)48-50(56-44)47(52-51(53-48)33-17-7-6-8-18-33)38-26-28-42(46-37-21-12-14-23-43(37)55-49(38)46)54-40-22-13-11-20-36(40)45-35-19-10-9-16-32(35)24-27-41(45)54/h3-30H,1H2,2H3/b15-5-,31-4+. The molecule has 0 unspecified atom stereocenters. The predicted molar refractivity (Wildman–Crippen MR) is 232 cm³/mol. The molecule has 0 bridgehead atoms. The number of benzene rings is 7. The van der Waals surface area contributed by atoms with Gasteiger partial charge in [0.15, 0.2) is 11.4 Å². The van der Waals surface area contributed by atoms with Crippen LogP contribution in [0.1, 0.15) is 12.5 Å². The molecule has 0 aliphatic carbocycles. The first-order chi connectivity index (χ1) is 27.7. The van der Waals surface area contributed by atoms with Crippen molar-refractivity contribution < 1.29 is 8.83 Å². The van der Waals surface area contributed by atoms with Crippen LogP contribution in [-0.2, 0) is 0 Å². The van der Waals surface area contributed by atoms with Gasteiger partial charge in [-0.25, -0.2) is 9.97 Å². The fourth-order valence-corrected chi connectivity index (χ4v) is 8.44. The molecule has 0 fully saturated rings. The van der Waals surface area contributed by atoms with Crippen LogP contribution in [0.3, 0.4) is 0 Å². The number of fused-ring (bicyclic) bond motifs is 11. The van der Waals surface area contributed by atoms with Crippen LogP contribution in [0.2, 0.25) is 0 Å². The second-order valence-electron chi connectivity index (χ2n) is 14.1. The third-order valence-corrected chi connectivity index (χ3v) is 11.0. The van der Waals surface area contributed by atoms with Gasteiger partial charge in [0.2, 0.25) is 0 Å². The van der Waals surface area contributed by atoms with Crippen molar-refractivity contribution in [3.05, 3.63) is 182 Å². The summed E-state index contributed by atoms with van der Waals surface area (Å²) >= 11 is 0. The first-order valence-corrected chi connectivity index (χ1v) is 18.8. The predicted octanol–water partition coefficient (Wildman–Crippen LogP) is 14.0. The van der Waals surface area contributed by atoms with E-state index in [1.54, 1.807) is 6.08 Å². The summed E-state index contributed by atoms with van der Waals surface area (Å²) in [4.78, 5) is 10.5. The SMILES string of the molecule is C=C/C=C\C(=C/C)c1ccc2oc3c(-c4ccc(-n5c6ccccc6c6c7ccccc7ccc65)c5c4oc4ccccc45)nc(-c4ccccc4)nc3c2c1. The Labute approximate surface area is 321 Å². The van der Waals surface area contributed by atoms with Gasteiger partial charge in [0.25, 0.3) is 0 Å². The molecule has 264 valence electrons. The number of hydrogen-bond acceptors (Lipinski definition) is 4. The van der Waals surface area contributed by atoms with Crippen molar-refractivity contribution in [2.45, 2.75) is 6.92 Å². The Morgan fingerprint density at radius 2 is 1.38 bits per heavy atom. The lowest BCUT2D eigenvalue weighted by Crippen LogP contribution is -1.97. The van der Waals surface area contributed by atoms with Gasteiger partial charge < -0.3 is 13.4 Å². The molecule has 0 N–H and O–H groups in total. The maximum absolute atomic E-state index is 6.90. The summed E-state index contributed by atoms with van der Waals surface area (Å²) in [5.41, 5.74) is 11.5. The van der Waals surface area contributed by atoms with Crippen LogP contribution in [0.4, 0.5) is 0 Å². The third kappa shape index (κ3) is 4.74. The average molecular weight is 720 g/mol. The molecule has 0 amide bonds. The van der Waals surface area contributed by atoms with Crippen LogP contribution >= 0.6 is 0 Å². The van der Waals surface area contributed by atoms with E-state index in [4.69, 9.17) is 18.8 Å². The lowest BCUT2D eigenvalue weighted by Gasteiger charge is -2.13. The minimum atomic E-state index is 0.610. The zero-order chi connectivity index (χ0) is 37.3. The highest BCUT2D eigenvalue weighted by Gasteiger charge is 2.25. The van der Waals surface area contributed by atoms with Gasteiger partial charge in [-0.15, -0.1) is 0 Å². The van der Waals surface area contributed by atoms with Crippen LogP contribution in [0.15, 0.2) is 185 Å². The van der Waals surface area contributed by atoms with Gasteiger partial charge in [-0.3, -0.25) is 0 Å². The minimum absolute atomic E-state index is 0.610. The molecule has 0 saturated carbocycles. The van der Waals surface area contributed by atoms with Crippen molar-refractivity contribution in [3.63, 3.8) is 0 Å². The average Bonchev–Trinajstić information content (AvgIpc) is 3.94. The second-order valence-corrected chi connectivity index (χ2v) is 14.1. The molecule has 4 heterocycles. The van der Waals surface area contributed by atoms with E-state index in [2.05, 4.69) is 120 Å². The molecule has 0 radical (unpaired) electrons. The van der Waals surface area contributed by atoms with Crippen molar-refractivity contribution in [3.8, 4) is 28.3 Å². The number of hydrogen-bond donors (Lipinski definition) is 0. The maximum atomic E-state index is 6.90. The molecule has 11 aromatic rings. The summed E-state index contributed by atoms with van der Waals surface area (Å²) in [6.07, 6.45) is 7.89. The highest BCUT2D eigenvalue weighted by molar-refractivity contribution is 6.23. The Morgan fingerprint density at radius 1 is 0.625 bits per heavy atom. The number of rotatable bonds is 6. The molecular formula is C51H33N3O2. The lowest BCUT2D eigenvalue weighted by atomic mass is 10.0. The molecule has 5 nitrogen and oxygen atoms in total. The molecule has 11 rings (SSSR count). The molecule has 5 heteroatoms. The fraction of sp³-hybridized carbons (Fsp3) is 0.0196. The van der Waals surface area contributed by atoms with Gasteiger partial charge in [-0.2, -0.15) is 0 Å². The van der Waals surface area contributed by atoms with E-state index >= 15 is 0 Å². The van der Waals surface area contributed by atoms with Gasteiger partial charge in [0.1, 0.15) is 28.0 Å². The molecule has 56 heavy (non-hydrogen) atoms. The third-order valence-electron chi connectivity index (χ3n) is 11.0. The lowest BCUT2D eigenvalue weighted by molar-refractivity contribution is 0.662. The summed E-state index contributed by atoms with van der Waals surface area (Å²) in [6.45, 7) is 5.90. The van der Waals surface area contributed by atoms with Crippen LogP contribution < -0.4 is 0 Å². The van der Waals surface area contributed by atoms with Crippen molar-refractivity contribution in [2.24, 2.45) is 0 Å². The summed E-state index contributed by atoms with van der Waals surface area (Å²) < 4.78 is 16.0. The highest BCUT2D eigenvalue weighted by atomic mass is 16.3. The van der Waals surface area contributed by atoms with E-state index in [9.17, 15) is 0 Å². The molecule has 4 aromatic heterocycles. The van der Waals surface area contributed by atoms with Crippen LogP contribution in [-0.4, -0.2) is 14.5 Å². The van der Waals surface area contributed by atoms with Crippen molar-refractivity contribution in [1.82, 2.24) is 14.5 Å². The summed E-state index contributed by atoms with van der Waals surface area (Å²) in [7, 11) is 0. The second kappa shape index (κ2) is 12.5. The van der Waals surface area contributed by atoms with Crippen molar-refractivity contribution in [2.75, 3.05) is 0 Å². The van der Waals surface area contributed by atoms with Crippen molar-refractivity contribution in [1.29, 1.82) is 0 Å². The summed E-state index contributed by atoms with van der Waals surface area (Å²) in [5.74, 6) is 0.613. The van der Waals surface area contributed by atoms with Crippen LogP contribution in [0, 0.1) is 0 Å². The monoisotopic (exact) mass is 719 g/mol. The molecule has 0 atom stereocenters. The van der Waals surface area contributed by atoms with Gasteiger partial charge in [0, 0.05) is 32.7 Å². The molecular weight excluding hydrogens is 687 g/mol. The van der Waals surface area contributed by atoms with E-state index in [1.807, 2.05) is 61.5 Å². The first-order valence-electron chi connectivity index (χ1n) is 18.8. The number of nitrogens with zero attached hydrogens (tertiary/aromatic N) is 3. The molecule has 0 saturated heterocycles. The van der Waals surface area contributed by atoms with E-state index in [0.29, 0.717) is 17.1 Å². The number of allylic oxidation sites excluding steroid dienone is 5. The molecule has 7 aromatic carbocycles. The summed E-state index contributed by atoms with van der Waals surface area (Å²) in [5, 5.41) is 7.83. The highest BCUT2D eigenvalue weighted by Crippen LogP contribution is 2.45. The number of para-hydroxylation sites is 2. The Bertz CT molecular complexity index is 3450.